The SMILES string of the molecule is CC(=O)O.CC(=O)O.CC(=O)O.CC(=O)O.OC[C@H]1OC(O)[C@H](O)[C@@H](O)[C@H]1O. The lowest BCUT2D eigenvalue weighted by Crippen LogP contribution is -2.58. The summed E-state index contributed by atoms with van der Waals surface area (Å²) in [7, 11) is 0. The highest BCUT2D eigenvalue weighted by Gasteiger charge is 2.42. The quantitative estimate of drug-likeness (QED) is 0.207. The van der Waals surface area contributed by atoms with E-state index >= 15 is 0 Å². The number of ether oxygens (including phenoxy) is 1. The maximum Gasteiger partial charge on any atom is 0.300 e. The highest BCUT2D eigenvalue weighted by molar-refractivity contribution is 5.63. The van der Waals surface area contributed by atoms with E-state index < -0.39 is 61.2 Å². The molecule has 1 aliphatic heterocycles. The van der Waals surface area contributed by atoms with E-state index in [1.54, 1.807) is 0 Å². The van der Waals surface area contributed by atoms with E-state index in [1.807, 2.05) is 0 Å². The second-order valence-electron chi connectivity index (χ2n) is 4.80. The first kappa shape index (κ1) is 33.2. The van der Waals surface area contributed by atoms with Crippen LogP contribution < -0.4 is 0 Å². The number of carbonyl (C=O) groups is 4. The van der Waals surface area contributed by atoms with Crippen molar-refractivity contribution in [2.75, 3.05) is 6.61 Å². The van der Waals surface area contributed by atoms with Crippen LogP contribution in [-0.2, 0) is 23.9 Å². The van der Waals surface area contributed by atoms with Crippen LogP contribution in [0.1, 0.15) is 27.7 Å². The summed E-state index contributed by atoms with van der Waals surface area (Å²) < 4.78 is 4.58. The number of hydrogen-bond acceptors (Lipinski definition) is 10. The Morgan fingerprint density at radius 2 is 0.893 bits per heavy atom. The van der Waals surface area contributed by atoms with Crippen molar-refractivity contribution in [3.8, 4) is 0 Å². The molecule has 14 heteroatoms. The molecule has 28 heavy (non-hydrogen) atoms. The van der Waals surface area contributed by atoms with Crippen molar-refractivity contribution < 1.29 is 69.9 Å². The van der Waals surface area contributed by atoms with Gasteiger partial charge in [0.1, 0.15) is 24.4 Å². The molecule has 5 atom stereocenters. The van der Waals surface area contributed by atoms with Crippen LogP contribution in [0, 0.1) is 0 Å². The Morgan fingerprint density at radius 1 is 0.643 bits per heavy atom. The molecular formula is C14H28O14. The molecule has 0 aromatic rings. The molecule has 0 radical (unpaired) electrons. The highest BCUT2D eigenvalue weighted by atomic mass is 16.6. The lowest BCUT2D eigenvalue weighted by atomic mass is 10.00. The maximum atomic E-state index is 9.12. The molecular weight excluding hydrogens is 392 g/mol. The number of aliphatic carboxylic acids is 4. The van der Waals surface area contributed by atoms with Gasteiger partial charge in [0.15, 0.2) is 6.29 Å². The van der Waals surface area contributed by atoms with Crippen molar-refractivity contribution in [1.82, 2.24) is 0 Å². The molecule has 1 saturated heterocycles. The molecule has 0 spiro atoms. The molecule has 0 amide bonds. The zero-order valence-corrected chi connectivity index (χ0v) is 15.7. The van der Waals surface area contributed by atoms with Crippen molar-refractivity contribution >= 4 is 23.9 Å². The number of carboxylic acid groups (broad SMARTS) is 4. The molecule has 14 nitrogen and oxygen atoms in total. The Bertz CT molecular complexity index is 383. The summed E-state index contributed by atoms with van der Waals surface area (Å²) in [5.41, 5.74) is 0. The third-order valence-electron chi connectivity index (χ3n) is 1.87. The lowest BCUT2D eigenvalue weighted by molar-refractivity contribution is -0.286. The predicted octanol–water partition coefficient (Wildman–Crippen LogP) is -2.86. The molecule has 1 aliphatic rings. The average molecular weight is 420 g/mol. The van der Waals surface area contributed by atoms with Crippen LogP contribution in [0.3, 0.4) is 0 Å². The summed E-state index contributed by atoms with van der Waals surface area (Å²) >= 11 is 0. The monoisotopic (exact) mass is 420 g/mol. The van der Waals surface area contributed by atoms with Crippen LogP contribution in [0.4, 0.5) is 0 Å². The number of aliphatic hydroxyl groups excluding tert-OH is 5. The minimum absolute atomic E-state index is 0.526. The summed E-state index contributed by atoms with van der Waals surface area (Å²) in [5, 5.41) is 74.3. The van der Waals surface area contributed by atoms with Crippen molar-refractivity contribution in [3.63, 3.8) is 0 Å². The Hall–Kier alpha value is -2.36. The van der Waals surface area contributed by atoms with Crippen molar-refractivity contribution in [3.05, 3.63) is 0 Å². The van der Waals surface area contributed by atoms with Crippen LogP contribution in [0.15, 0.2) is 0 Å². The smallest absolute Gasteiger partial charge is 0.300 e. The molecule has 1 rings (SSSR count). The first-order valence-corrected chi connectivity index (χ1v) is 7.27. The Labute approximate surface area is 159 Å². The van der Waals surface area contributed by atoms with Gasteiger partial charge in [-0.05, 0) is 0 Å². The van der Waals surface area contributed by atoms with Gasteiger partial charge in [0.2, 0.25) is 0 Å². The third kappa shape index (κ3) is 31.4. The third-order valence-corrected chi connectivity index (χ3v) is 1.87. The predicted molar refractivity (Wildman–Crippen MR) is 89.2 cm³/mol. The Kier molecular flexibility index (Phi) is 23.0. The summed E-state index contributed by atoms with van der Waals surface area (Å²) in [4.78, 5) is 36.0. The Balaban J connectivity index is -0.000000150. The second-order valence-corrected chi connectivity index (χ2v) is 4.80. The average Bonchev–Trinajstić information content (AvgIpc) is 2.46. The zero-order valence-electron chi connectivity index (χ0n) is 15.7. The van der Waals surface area contributed by atoms with Gasteiger partial charge in [-0.3, -0.25) is 19.2 Å². The molecule has 0 saturated carbocycles. The van der Waals surface area contributed by atoms with E-state index in [-0.39, 0.29) is 0 Å². The summed E-state index contributed by atoms with van der Waals surface area (Å²) in [5.74, 6) is -3.33. The molecule has 0 aromatic carbocycles. The molecule has 9 N–H and O–H groups in total. The lowest BCUT2D eigenvalue weighted by Gasteiger charge is -2.37. The molecule has 168 valence electrons. The van der Waals surface area contributed by atoms with Crippen LogP contribution in [-0.4, -0.2) is 107 Å². The van der Waals surface area contributed by atoms with Crippen LogP contribution in [0.2, 0.25) is 0 Å². The van der Waals surface area contributed by atoms with Gasteiger partial charge in [0, 0.05) is 27.7 Å². The van der Waals surface area contributed by atoms with Crippen LogP contribution in [0.5, 0.6) is 0 Å². The van der Waals surface area contributed by atoms with E-state index in [0.29, 0.717) is 0 Å². The standard InChI is InChI=1S/C6H12O6.4C2H4O2/c7-1-2-3(8)4(9)5(10)6(11)12-2;4*1-2(3)4/h2-11H,1H2;4*1H3,(H,3,4)/t2-,3+,4+,5-,6?;;;;/m1..../s1. The van der Waals surface area contributed by atoms with Gasteiger partial charge in [0.25, 0.3) is 23.9 Å². The largest absolute Gasteiger partial charge is 0.481 e. The normalized spacial score (nSPS) is 24.7. The molecule has 0 aliphatic carbocycles. The highest BCUT2D eigenvalue weighted by Crippen LogP contribution is 2.18. The summed E-state index contributed by atoms with van der Waals surface area (Å²) in [6.45, 7) is 3.81. The maximum absolute atomic E-state index is 9.12. The van der Waals surface area contributed by atoms with Gasteiger partial charge in [-0.25, -0.2) is 0 Å². The molecule has 1 fully saturated rings. The number of hydrogen-bond donors (Lipinski definition) is 9. The number of aliphatic hydroxyl groups is 5. The zero-order chi connectivity index (χ0) is 23.6. The van der Waals surface area contributed by atoms with E-state index in [4.69, 9.17) is 65.1 Å². The minimum atomic E-state index is -1.57. The molecule has 1 unspecified atom stereocenters. The minimum Gasteiger partial charge on any atom is -0.481 e. The van der Waals surface area contributed by atoms with Crippen LogP contribution in [0.25, 0.3) is 0 Å². The van der Waals surface area contributed by atoms with Gasteiger partial charge >= 0.3 is 0 Å². The first-order chi connectivity index (χ1) is 12.5. The van der Waals surface area contributed by atoms with Gasteiger partial charge in [-0.2, -0.15) is 0 Å². The fourth-order valence-electron chi connectivity index (χ4n) is 1.08. The Morgan fingerprint density at radius 3 is 1.11 bits per heavy atom. The van der Waals surface area contributed by atoms with E-state index in [0.717, 1.165) is 27.7 Å². The van der Waals surface area contributed by atoms with E-state index in [2.05, 4.69) is 4.74 Å². The fraction of sp³-hybridized carbons (Fsp3) is 0.714. The summed E-state index contributed by atoms with van der Waals surface area (Å²) in [6.07, 6.45) is -7.04. The van der Waals surface area contributed by atoms with E-state index in [1.165, 1.54) is 0 Å². The van der Waals surface area contributed by atoms with Gasteiger partial charge in [-0.1, -0.05) is 0 Å². The second kappa shape index (κ2) is 19.4. The number of carboxylic acids is 4. The molecule has 1 heterocycles. The molecule has 0 aromatic heterocycles. The fourth-order valence-corrected chi connectivity index (χ4v) is 1.08. The first-order valence-electron chi connectivity index (χ1n) is 7.27. The van der Waals surface area contributed by atoms with Crippen LogP contribution >= 0.6 is 0 Å². The van der Waals surface area contributed by atoms with Crippen molar-refractivity contribution in [2.45, 2.75) is 58.4 Å². The number of rotatable bonds is 1. The topological polar surface area (TPSA) is 260 Å². The van der Waals surface area contributed by atoms with E-state index in [9.17, 15) is 0 Å². The van der Waals surface area contributed by atoms with Gasteiger partial charge in [0.05, 0.1) is 6.61 Å². The van der Waals surface area contributed by atoms with Gasteiger partial charge in [-0.15, -0.1) is 0 Å². The summed E-state index contributed by atoms with van der Waals surface area (Å²) in [6, 6.07) is 0. The van der Waals surface area contributed by atoms with Crippen molar-refractivity contribution in [2.24, 2.45) is 0 Å². The molecule has 0 bridgehead atoms. The van der Waals surface area contributed by atoms with Gasteiger partial charge < -0.3 is 50.7 Å². The van der Waals surface area contributed by atoms with Crippen molar-refractivity contribution in [1.29, 1.82) is 0 Å².